The zero-order chi connectivity index (χ0) is 17.8. The van der Waals surface area contributed by atoms with E-state index in [0.717, 1.165) is 44.9 Å². The lowest BCUT2D eigenvalue weighted by atomic mass is 9.79. The van der Waals surface area contributed by atoms with Crippen LogP contribution in [-0.4, -0.2) is 25.2 Å². The van der Waals surface area contributed by atoms with Crippen LogP contribution in [0.2, 0.25) is 0 Å². The number of esters is 2. The van der Waals surface area contributed by atoms with Gasteiger partial charge < -0.3 is 9.47 Å². The fraction of sp³-hybridized carbons (Fsp3) is 0.900. The summed E-state index contributed by atoms with van der Waals surface area (Å²) in [6.45, 7) is 7.05. The Morgan fingerprint density at radius 1 is 0.875 bits per heavy atom. The molecular formula is C20H36O4. The average Bonchev–Trinajstić information content (AvgIpc) is 2.59. The molecule has 0 amide bonds. The maximum atomic E-state index is 12.5. The Kier molecular flexibility index (Phi) is 10.8. The summed E-state index contributed by atoms with van der Waals surface area (Å²) in [5, 5.41) is 0. The highest BCUT2D eigenvalue weighted by Crippen LogP contribution is 2.32. The van der Waals surface area contributed by atoms with Gasteiger partial charge in [-0.2, -0.15) is 0 Å². The van der Waals surface area contributed by atoms with Crippen LogP contribution in [0.3, 0.4) is 0 Å². The second-order valence-electron chi connectivity index (χ2n) is 7.03. The van der Waals surface area contributed by atoms with Gasteiger partial charge in [-0.05, 0) is 38.5 Å². The third kappa shape index (κ3) is 7.23. The predicted molar refractivity (Wildman–Crippen MR) is 95.6 cm³/mol. The lowest BCUT2D eigenvalue weighted by molar-refractivity contribution is -0.163. The lowest BCUT2D eigenvalue weighted by Gasteiger charge is -2.28. The van der Waals surface area contributed by atoms with Crippen LogP contribution in [0.5, 0.6) is 0 Å². The molecule has 0 saturated heterocycles. The molecule has 1 aliphatic rings. The molecular weight excluding hydrogens is 304 g/mol. The molecule has 3 atom stereocenters. The van der Waals surface area contributed by atoms with Crippen molar-refractivity contribution in [3.8, 4) is 0 Å². The van der Waals surface area contributed by atoms with Crippen molar-refractivity contribution in [1.29, 1.82) is 0 Å². The molecule has 0 spiro atoms. The van der Waals surface area contributed by atoms with Gasteiger partial charge in [0.05, 0.1) is 25.0 Å². The Bertz CT molecular complexity index is 367. The Balaban J connectivity index is 2.51. The normalized spacial score (nSPS) is 22.0. The molecule has 0 aromatic heterocycles. The molecule has 0 bridgehead atoms. The van der Waals surface area contributed by atoms with Crippen LogP contribution < -0.4 is 0 Å². The van der Waals surface area contributed by atoms with Crippen molar-refractivity contribution >= 4 is 11.9 Å². The molecule has 4 heteroatoms. The van der Waals surface area contributed by atoms with Crippen molar-refractivity contribution in [3.63, 3.8) is 0 Å². The molecule has 24 heavy (non-hydrogen) atoms. The van der Waals surface area contributed by atoms with Gasteiger partial charge in [-0.3, -0.25) is 9.59 Å². The smallest absolute Gasteiger partial charge is 0.309 e. The van der Waals surface area contributed by atoms with Gasteiger partial charge in [-0.15, -0.1) is 0 Å². The van der Waals surface area contributed by atoms with E-state index in [1.165, 1.54) is 19.3 Å². The zero-order valence-electron chi connectivity index (χ0n) is 15.9. The minimum absolute atomic E-state index is 0.190. The molecule has 1 saturated carbocycles. The highest BCUT2D eigenvalue weighted by molar-refractivity contribution is 5.82. The number of hydrogen-bond donors (Lipinski definition) is 0. The molecule has 1 rings (SSSR count). The minimum atomic E-state index is -0.310. The van der Waals surface area contributed by atoms with Gasteiger partial charge in [0.25, 0.3) is 0 Å². The number of carbonyl (C=O) groups is 2. The van der Waals surface area contributed by atoms with Crippen LogP contribution in [-0.2, 0) is 19.1 Å². The first-order chi connectivity index (χ1) is 11.6. The first kappa shape index (κ1) is 21.0. The highest BCUT2D eigenvalue weighted by atomic mass is 16.5. The Hall–Kier alpha value is -1.06. The second-order valence-corrected chi connectivity index (χ2v) is 7.03. The van der Waals surface area contributed by atoms with Crippen molar-refractivity contribution in [3.05, 3.63) is 0 Å². The SMILES string of the molecule is CCCCCC(CCC)COC(=O)C1CCCCC1C(=O)OCC. The van der Waals surface area contributed by atoms with Crippen LogP contribution in [0.15, 0.2) is 0 Å². The van der Waals surface area contributed by atoms with E-state index < -0.39 is 0 Å². The molecule has 0 radical (unpaired) electrons. The number of hydrogen-bond acceptors (Lipinski definition) is 4. The van der Waals surface area contributed by atoms with Crippen molar-refractivity contribution in [2.45, 2.75) is 85.0 Å². The molecule has 1 aliphatic carbocycles. The van der Waals surface area contributed by atoms with Gasteiger partial charge >= 0.3 is 11.9 Å². The zero-order valence-corrected chi connectivity index (χ0v) is 15.9. The van der Waals surface area contributed by atoms with Crippen LogP contribution in [0.25, 0.3) is 0 Å². The van der Waals surface area contributed by atoms with Crippen LogP contribution in [0, 0.1) is 17.8 Å². The maximum absolute atomic E-state index is 12.5. The highest BCUT2D eigenvalue weighted by Gasteiger charge is 2.37. The lowest BCUT2D eigenvalue weighted by Crippen LogP contribution is -2.35. The molecule has 0 heterocycles. The summed E-state index contributed by atoms with van der Waals surface area (Å²) in [5.74, 6) is -0.585. The summed E-state index contributed by atoms with van der Waals surface area (Å²) in [6.07, 6.45) is 10.5. The summed E-state index contributed by atoms with van der Waals surface area (Å²) in [7, 11) is 0. The van der Waals surface area contributed by atoms with Crippen molar-refractivity contribution in [1.82, 2.24) is 0 Å². The number of ether oxygens (including phenoxy) is 2. The standard InChI is InChI=1S/C20H36O4/c1-4-7-8-12-16(11-5-2)15-24-20(22)18-14-10-9-13-17(18)19(21)23-6-3/h16-18H,4-15H2,1-3H3. The van der Waals surface area contributed by atoms with Gasteiger partial charge in [0.1, 0.15) is 0 Å². The minimum Gasteiger partial charge on any atom is -0.466 e. The molecule has 1 fully saturated rings. The van der Waals surface area contributed by atoms with Gasteiger partial charge in [-0.25, -0.2) is 0 Å². The van der Waals surface area contributed by atoms with E-state index >= 15 is 0 Å². The first-order valence-electron chi connectivity index (χ1n) is 9.97. The van der Waals surface area contributed by atoms with Gasteiger partial charge in [0.2, 0.25) is 0 Å². The summed E-state index contributed by atoms with van der Waals surface area (Å²) in [6, 6.07) is 0. The molecule has 4 nitrogen and oxygen atoms in total. The number of carbonyl (C=O) groups excluding carboxylic acids is 2. The van der Waals surface area contributed by atoms with Crippen molar-refractivity contribution in [2.75, 3.05) is 13.2 Å². The average molecular weight is 341 g/mol. The molecule has 140 valence electrons. The van der Waals surface area contributed by atoms with Crippen LogP contribution in [0.4, 0.5) is 0 Å². The summed E-state index contributed by atoms with van der Waals surface area (Å²) in [5.41, 5.74) is 0. The molecule has 0 aromatic carbocycles. The van der Waals surface area contributed by atoms with E-state index in [4.69, 9.17) is 9.47 Å². The monoisotopic (exact) mass is 340 g/mol. The van der Waals surface area contributed by atoms with Gasteiger partial charge in [-0.1, -0.05) is 52.4 Å². The maximum Gasteiger partial charge on any atom is 0.309 e. The molecule has 3 unspecified atom stereocenters. The van der Waals surface area contributed by atoms with Crippen LogP contribution >= 0.6 is 0 Å². The predicted octanol–water partition coefficient (Wildman–Crippen LogP) is 4.90. The Morgan fingerprint density at radius 2 is 1.50 bits per heavy atom. The van der Waals surface area contributed by atoms with Crippen molar-refractivity contribution < 1.29 is 19.1 Å². The van der Waals surface area contributed by atoms with E-state index in [1.807, 2.05) is 0 Å². The summed E-state index contributed by atoms with van der Waals surface area (Å²) in [4.78, 5) is 24.6. The van der Waals surface area contributed by atoms with E-state index in [1.54, 1.807) is 6.92 Å². The fourth-order valence-corrected chi connectivity index (χ4v) is 3.65. The third-order valence-electron chi connectivity index (χ3n) is 5.03. The van der Waals surface area contributed by atoms with Crippen LogP contribution in [0.1, 0.15) is 85.0 Å². The molecule has 0 aliphatic heterocycles. The molecule has 0 N–H and O–H groups in total. The Morgan fingerprint density at radius 3 is 2.04 bits per heavy atom. The largest absolute Gasteiger partial charge is 0.466 e. The number of rotatable bonds is 11. The summed E-state index contributed by atoms with van der Waals surface area (Å²) < 4.78 is 10.8. The quantitative estimate of drug-likeness (QED) is 0.397. The van der Waals surface area contributed by atoms with E-state index in [0.29, 0.717) is 19.1 Å². The van der Waals surface area contributed by atoms with E-state index in [9.17, 15) is 9.59 Å². The first-order valence-corrected chi connectivity index (χ1v) is 9.97. The second kappa shape index (κ2) is 12.3. The summed E-state index contributed by atoms with van der Waals surface area (Å²) >= 11 is 0. The van der Waals surface area contributed by atoms with E-state index in [2.05, 4.69) is 13.8 Å². The third-order valence-corrected chi connectivity index (χ3v) is 5.03. The van der Waals surface area contributed by atoms with Crippen molar-refractivity contribution in [2.24, 2.45) is 17.8 Å². The van der Waals surface area contributed by atoms with E-state index in [-0.39, 0.29) is 23.8 Å². The van der Waals surface area contributed by atoms with Gasteiger partial charge in [0, 0.05) is 0 Å². The van der Waals surface area contributed by atoms with Gasteiger partial charge in [0.15, 0.2) is 0 Å². The Labute approximate surface area is 147 Å². The number of unbranched alkanes of at least 4 members (excludes halogenated alkanes) is 2. The molecule has 0 aromatic rings. The fourth-order valence-electron chi connectivity index (χ4n) is 3.65. The topological polar surface area (TPSA) is 52.6 Å².